The van der Waals surface area contributed by atoms with Crippen LogP contribution in [0.2, 0.25) is 0 Å². The third-order valence-electron chi connectivity index (χ3n) is 4.66. The first-order valence-corrected chi connectivity index (χ1v) is 7.29. The number of aliphatic imine (C=N–C) groups is 1. The minimum atomic E-state index is -0.190. The third kappa shape index (κ3) is 2.19. The summed E-state index contributed by atoms with van der Waals surface area (Å²) >= 11 is 0. The van der Waals surface area contributed by atoms with Crippen molar-refractivity contribution in [3.05, 3.63) is 35.9 Å². The van der Waals surface area contributed by atoms with Crippen LogP contribution in [0.25, 0.3) is 0 Å². The van der Waals surface area contributed by atoms with Gasteiger partial charge in [-0.15, -0.1) is 0 Å². The number of hydrogen-bond donors (Lipinski definition) is 1. The number of benzene rings is 1. The highest BCUT2D eigenvalue weighted by atomic mass is 16.2. The van der Waals surface area contributed by atoms with E-state index in [0.717, 1.165) is 18.4 Å². The van der Waals surface area contributed by atoms with Crippen LogP contribution in [0.4, 0.5) is 4.79 Å². The minimum Gasteiger partial charge on any atom is -0.385 e. The zero-order valence-electron chi connectivity index (χ0n) is 11.9. The fourth-order valence-electron chi connectivity index (χ4n) is 3.63. The first-order valence-electron chi connectivity index (χ1n) is 7.29. The van der Waals surface area contributed by atoms with E-state index in [1.165, 1.54) is 12.8 Å². The SMILES string of the molecule is CC1(C2C(N)=NC(=O)N2Cc2ccccc2)CCCC1. The lowest BCUT2D eigenvalue weighted by atomic mass is 9.79. The molecule has 2 amide bonds. The number of rotatable bonds is 3. The molecule has 0 spiro atoms. The van der Waals surface area contributed by atoms with E-state index in [1.807, 2.05) is 35.2 Å². The van der Waals surface area contributed by atoms with Crippen LogP contribution >= 0.6 is 0 Å². The van der Waals surface area contributed by atoms with Gasteiger partial charge in [0.15, 0.2) is 0 Å². The van der Waals surface area contributed by atoms with Crippen molar-refractivity contribution in [2.75, 3.05) is 0 Å². The topological polar surface area (TPSA) is 58.7 Å². The molecule has 1 heterocycles. The molecule has 1 aliphatic carbocycles. The van der Waals surface area contributed by atoms with E-state index < -0.39 is 0 Å². The molecule has 3 rings (SSSR count). The Hall–Kier alpha value is -1.84. The lowest BCUT2D eigenvalue weighted by molar-refractivity contribution is 0.146. The Morgan fingerprint density at radius 2 is 1.95 bits per heavy atom. The molecule has 1 fully saturated rings. The minimum absolute atomic E-state index is 0.0438. The van der Waals surface area contributed by atoms with Crippen LogP contribution in [-0.4, -0.2) is 22.8 Å². The van der Waals surface area contributed by atoms with Crippen LogP contribution < -0.4 is 5.73 Å². The second-order valence-corrected chi connectivity index (χ2v) is 6.20. The Morgan fingerprint density at radius 3 is 2.60 bits per heavy atom. The van der Waals surface area contributed by atoms with E-state index in [4.69, 9.17) is 5.73 Å². The first kappa shape index (κ1) is 13.2. The molecule has 20 heavy (non-hydrogen) atoms. The summed E-state index contributed by atoms with van der Waals surface area (Å²) in [7, 11) is 0. The molecule has 106 valence electrons. The van der Waals surface area contributed by atoms with Gasteiger partial charge in [-0.25, -0.2) is 4.79 Å². The Kier molecular flexibility index (Phi) is 3.24. The van der Waals surface area contributed by atoms with Crippen LogP contribution in [0.3, 0.4) is 0 Å². The van der Waals surface area contributed by atoms with Crippen molar-refractivity contribution >= 4 is 11.9 Å². The molecule has 1 aliphatic heterocycles. The highest BCUT2D eigenvalue weighted by molar-refractivity contribution is 6.03. The largest absolute Gasteiger partial charge is 0.385 e. The van der Waals surface area contributed by atoms with Crippen molar-refractivity contribution in [2.45, 2.75) is 45.2 Å². The van der Waals surface area contributed by atoms with Gasteiger partial charge in [-0.05, 0) is 23.8 Å². The first-order chi connectivity index (χ1) is 9.60. The Bertz CT molecular complexity index is 532. The van der Waals surface area contributed by atoms with Crippen molar-refractivity contribution in [1.29, 1.82) is 0 Å². The van der Waals surface area contributed by atoms with E-state index in [0.29, 0.717) is 12.4 Å². The van der Waals surface area contributed by atoms with E-state index in [-0.39, 0.29) is 17.5 Å². The van der Waals surface area contributed by atoms with Gasteiger partial charge in [0.25, 0.3) is 0 Å². The van der Waals surface area contributed by atoms with E-state index in [1.54, 1.807) is 0 Å². The normalized spacial score (nSPS) is 25.1. The summed E-state index contributed by atoms with van der Waals surface area (Å²) in [5, 5.41) is 0. The Balaban J connectivity index is 1.86. The number of amidine groups is 1. The molecule has 0 saturated heterocycles. The molecule has 4 heteroatoms. The maximum Gasteiger partial charge on any atom is 0.346 e. The van der Waals surface area contributed by atoms with Gasteiger partial charge in [0, 0.05) is 6.54 Å². The van der Waals surface area contributed by atoms with Crippen molar-refractivity contribution in [2.24, 2.45) is 16.1 Å². The second-order valence-electron chi connectivity index (χ2n) is 6.20. The maximum absolute atomic E-state index is 12.2. The Labute approximate surface area is 119 Å². The molecule has 2 aliphatic rings. The van der Waals surface area contributed by atoms with Gasteiger partial charge in [0.2, 0.25) is 0 Å². The molecule has 1 saturated carbocycles. The summed E-state index contributed by atoms with van der Waals surface area (Å²) in [6.45, 7) is 2.83. The average Bonchev–Trinajstić information content (AvgIpc) is 2.97. The maximum atomic E-state index is 12.2. The molecule has 1 aromatic carbocycles. The zero-order valence-corrected chi connectivity index (χ0v) is 11.9. The summed E-state index contributed by atoms with van der Waals surface area (Å²) in [5.41, 5.74) is 7.27. The quantitative estimate of drug-likeness (QED) is 0.919. The molecular formula is C16H21N3O. The van der Waals surface area contributed by atoms with Crippen molar-refractivity contribution in [1.82, 2.24) is 4.90 Å². The van der Waals surface area contributed by atoms with E-state index in [9.17, 15) is 4.79 Å². The standard InChI is InChI=1S/C16H21N3O/c1-16(9-5-6-10-16)13-14(17)18-15(20)19(13)11-12-7-3-2-4-8-12/h2-4,7-8,13H,5-6,9-11H2,1H3,(H2,17,18,20). The number of hydrogen-bond acceptors (Lipinski definition) is 2. The highest BCUT2D eigenvalue weighted by Crippen LogP contribution is 2.44. The van der Waals surface area contributed by atoms with Gasteiger partial charge >= 0.3 is 6.03 Å². The summed E-state index contributed by atoms with van der Waals surface area (Å²) in [6, 6.07) is 9.81. The molecule has 0 bridgehead atoms. The number of nitrogens with zero attached hydrogens (tertiary/aromatic N) is 2. The predicted octanol–water partition coefficient (Wildman–Crippen LogP) is 2.93. The molecule has 1 unspecified atom stereocenters. The number of carbonyl (C=O) groups excluding carboxylic acids is 1. The molecule has 0 radical (unpaired) electrons. The van der Waals surface area contributed by atoms with Crippen molar-refractivity contribution in [3.8, 4) is 0 Å². The monoisotopic (exact) mass is 271 g/mol. The fraction of sp³-hybridized carbons (Fsp3) is 0.500. The number of nitrogens with two attached hydrogens (primary N) is 1. The summed E-state index contributed by atoms with van der Waals surface area (Å²) < 4.78 is 0. The average molecular weight is 271 g/mol. The van der Waals surface area contributed by atoms with Crippen LogP contribution in [0.15, 0.2) is 35.3 Å². The molecule has 0 aromatic heterocycles. The fourth-order valence-corrected chi connectivity index (χ4v) is 3.63. The van der Waals surface area contributed by atoms with Gasteiger partial charge in [-0.1, -0.05) is 50.1 Å². The van der Waals surface area contributed by atoms with Gasteiger partial charge in [-0.2, -0.15) is 4.99 Å². The molecular weight excluding hydrogens is 250 g/mol. The van der Waals surface area contributed by atoms with Crippen molar-refractivity contribution in [3.63, 3.8) is 0 Å². The number of amides is 2. The van der Waals surface area contributed by atoms with Crippen LogP contribution in [0, 0.1) is 5.41 Å². The van der Waals surface area contributed by atoms with Crippen LogP contribution in [-0.2, 0) is 6.54 Å². The van der Waals surface area contributed by atoms with E-state index >= 15 is 0 Å². The number of carbonyl (C=O) groups is 1. The van der Waals surface area contributed by atoms with Crippen molar-refractivity contribution < 1.29 is 4.79 Å². The Morgan fingerprint density at radius 1 is 1.30 bits per heavy atom. The lowest BCUT2D eigenvalue weighted by Gasteiger charge is -2.37. The van der Waals surface area contributed by atoms with Gasteiger partial charge in [0.05, 0.1) is 6.04 Å². The van der Waals surface area contributed by atoms with E-state index in [2.05, 4.69) is 11.9 Å². The molecule has 4 nitrogen and oxygen atoms in total. The third-order valence-corrected chi connectivity index (χ3v) is 4.66. The van der Waals surface area contributed by atoms with Gasteiger partial charge in [-0.3, -0.25) is 0 Å². The second kappa shape index (κ2) is 4.93. The lowest BCUT2D eigenvalue weighted by Crippen LogP contribution is -2.49. The predicted molar refractivity (Wildman–Crippen MR) is 79.4 cm³/mol. The summed E-state index contributed by atoms with van der Waals surface area (Å²) in [4.78, 5) is 18.0. The summed E-state index contributed by atoms with van der Waals surface area (Å²) in [5.74, 6) is 0.496. The highest BCUT2D eigenvalue weighted by Gasteiger charge is 2.47. The van der Waals surface area contributed by atoms with Gasteiger partial charge in [0.1, 0.15) is 5.84 Å². The smallest absolute Gasteiger partial charge is 0.346 e. The molecule has 1 atom stereocenters. The zero-order chi connectivity index (χ0) is 14.2. The summed E-state index contributed by atoms with van der Waals surface area (Å²) in [6.07, 6.45) is 4.67. The molecule has 1 aromatic rings. The number of urea groups is 1. The van der Waals surface area contributed by atoms with Crippen LogP contribution in [0.1, 0.15) is 38.2 Å². The van der Waals surface area contributed by atoms with Gasteiger partial charge < -0.3 is 10.6 Å². The molecule has 2 N–H and O–H groups in total. The van der Waals surface area contributed by atoms with Crippen LogP contribution in [0.5, 0.6) is 0 Å².